The molecule has 4 aromatic rings. The molecule has 0 radical (unpaired) electrons. The van der Waals surface area contributed by atoms with Crippen LogP contribution in [0.25, 0.3) is 21.8 Å². The number of halogens is 1. The molecule has 10 heteroatoms. The van der Waals surface area contributed by atoms with Crippen molar-refractivity contribution in [1.29, 1.82) is 0 Å². The summed E-state index contributed by atoms with van der Waals surface area (Å²) in [7, 11) is 0. The summed E-state index contributed by atoms with van der Waals surface area (Å²) in [6.07, 6.45) is 3.76. The summed E-state index contributed by atoms with van der Waals surface area (Å²) in [4.78, 5) is 41.8. The fourth-order valence-corrected chi connectivity index (χ4v) is 4.37. The lowest BCUT2D eigenvalue weighted by atomic mass is 10.1. The van der Waals surface area contributed by atoms with E-state index in [-0.39, 0.29) is 18.2 Å². The van der Waals surface area contributed by atoms with E-state index in [0.29, 0.717) is 41.9 Å². The Morgan fingerprint density at radius 2 is 1.94 bits per heavy atom. The number of nitrogens with zero attached hydrogens (tertiary/aromatic N) is 1. The molecular formula is C26H25FN4O5. The molecule has 1 atom stereocenters. The second-order valence-electron chi connectivity index (χ2n) is 8.62. The van der Waals surface area contributed by atoms with Crippen LogP contribution in [-0.2, 0) is 17.8 Å². The van der Waals surface area contributed by atoms with Crippen LogP contribution in [0.3, 0.4) is 0 Å². The molecule has 1 aliphatic heterocycles. The number of carbonyl (C=O) groups is 2. The lowest BCUT2D eigenvalue weighted by Crippen LogP contribution is -2.46. The largest absolute Gasteiger partial charge is 0.454 e. The number of ether oxygens (including phenoxy) is 2. The first kappa shape index (κ1) is 23.4. The van der Waals surface area contributed by atoms with Gasteiger partial charge in [-0.2, -0.15) is 0 Å². The van der Waals surface area contributed by atoms with Crippen LogP contribution in [0.1, 0.15) is 29.8 Å². The molecule has 2 aromatic carbocycles. The monoisotopic (exact) mass is 492 g/mol. The molecule has 0 fully saturated rings. The lowest BCUT2D eigenvalue weighted by Gasteiger charge is -2.16. The van der Waals surface area contributed by atoms with Gasteiger partial charge in [0.15, 0.2) is 11.5 Å². The van der Waals surface area contributed by atoms with E-state index in [2.05, 4.69) is 15.6 Å². The Balaban J connectivity index is 1.27. The Bertz CT molecular complexity index is 1560. The van der Waals surface area contributed by atoms with E-state index in [1.54, 1.807) is 35.9 Å². The van der Waals surface area contributed by atoms with Gasteiger partial charge in [0.1, 0.15) is 17.4 Å². The molecule has 2 aromatic heterocycles. The average molecular weight is 493 g/mol. The standard InChI is InChI=1S/C26H25FN4O5/c1-3-31-12-19(24(32)18-9-22-23(10-21(18)31)36-13-35-22)26(34)30-14(2)25(33)28-7-6-15-11-29-20-5-4-16(27)8-17(15)20/h4-5,8-12,14,29H,3,6-7,13H2,1-2H3,(H,28,33)(H,30,34)/t14-/m1/s1. The van der Waals surface area contributed by atoms with Crippen LogP contribution in [-0.4, -0.2) is 40.7 Å². The first-order chi connectivity index (χ1) is 17.4. The van der Waals surface area contributed by atoms with Crippen molar-refractivity contribution in [2.24, 2.45) is 0 Å². The molecule has 9 nitrogen and oxygen atoms in total. The van der Waals surface area contributed by atoms with Crippen molar-refractivity contribution in [2.45, 2.75) is 32.9 Å². The zero-order valence-corrected chi connectivity index (χ0v) is 19.8. The van der Waals surface area contributed by atoms with E-state index < -0.39 is 23.3 Å². The van der Waals surface area contributed by atoms with E-state index in [0.717, 1.165) is 16.5 Å². The topological polar surface area (TPSA) is 114 Å². The molecule has 0 unspecified atom stereocenters. The molecular weight excluding hydrogens is 467 g/mol. The third-order valence-corrected chi connectivity index (χ3v) is 6.32. The van der Waals surface area contributed by atoms with Gasteiger partial charge in [0.2, 0.25) is 18.1 Å². The van der Waals surface area contributed by atoms with Gasteiger partial charge in [-0.1, -0.05) is 0 Å². The number of aromatic nitrogens is 2. The SMILES string of the molecule is CCn1cc(C(=O)N[C@H](C)C(=O)NCCc2c[nH]c3ccc(F)cc23)c(=O)c2cc3c(cc21)OCO3. The molecule has 186 valence electrons. The maximum absolute atomic E-state index is 13.6. The molecule has 3 N–H and O–H groups in total. The van der Waals surface area contributed by atoms with E-state index in [4.69, 9.17) is 9.47 Å². The average Bonchev–Trinajstić information content (AvgIpc) is 3.49. The third kappa shape index (κ3) is 4.26. The van der Waals surface area contributed by atoms with Crippen molar-refractivity contribution in [3.05, 3.63) is 69.9 Å². The van der Waals surface area contributed by atoms with Gasteiger partial charge in [0, 0.05) is 42.5 Å². The number of nitrogens with one attached hydrogen (secondary N) is 3. The van der Waals surface area contributed by atoms with Gasteiger partial charge in [-0.3, -0.25) is 14.4 Å². The highest BCUT2D eigenvalue weighted by Crippen LogP contribution is 2.35. The first-order valence-corrected chi connectivity index (χ1v) is 11.7. The van der Waals surface area contributed by atoms with Crippen molar-refractivity contribution >= 4 is 33.6 Å². The molecule has 0 saturated heterocycles. The smallest absolute Gasteiger partial charge is 0.257 e. The van der Waals surface area contributed by atoms with Crippen molar-refractivity contribution in [1.82, 2.24) is 20.2 Å². The van der Waals surface area contributed by atoms with Crippen LogP contribution in [0, 0.1) is 5.82 Å². The van der Waals surface area contributed by atoms with Gasteiger partial charge >= 0.3 is 0 Å². The zero-order valence-electron chi connectivity index (χ0n) is 19.8. The second-order valence-corrected chi connectivity index (χ2v) is 8.62. The highest BCUT2D eigenvalue weighted by molar-refractivity contribution is 6.00. The third-order valence-electron chi connectivity index (χ3n) is 6.32. The zero-order chi connectivity index (χ0) is 25.4. The van der Waals surface area contributed by atoms with Crippen LogP contribution in [0.4, 0.5) is 4.39 Å². The molecule has 2 amide bonds. The van der Waals surface area contributed by atoms with Gasteiger partial charge in [0.25, 0.3) is 5.91 Å². The van der Waals surface area contributed by atoms with Crippen molar-refractivity contribution in [2.75, 3.05) is 13.3 Å². The van der Waals surface area contributed by atoms with Crippen LogP contribution >= 0.6 is 0 Å². The Hall–Kier alpha value is -4.34. The van der Waals surface area contributed by atoms with Crippen LogP contribution in [0.15, 0.2) is 47.5 Å². The lowest BCUT2D eigenvalue weighted by molar-refractivity contribution is -0.122. The summed E-state index contributed by atoms with van der Waals surface area (Å²) in [5, 5.41) is 6.48. The van der Waals surface area contributed by atoms with E-state index >= 15 is 0 Å². The number of rotatable bonds is 7. The number of fused-ring (bicyclic) bond motifs is 3. The molecule has 0 spiro atoms. The number of aryl methyl sites for hydroxylation is 1. The maximum atomic E-state index is 13.6. The number of aromatic amines is 1. The van der Waals surface area contributed by atoms with Crippen molar-refractivity contribution < 1.29 is 23.5 Å². The van der Waals surface area contributed by atoms with E-state index in [1.165, 1.54) is 18.3 Å². The van der Waals surface area contributed by atoms with Gasteiger partial charge in [0.05, 0.1) is 10.9 Å². The number of carbonyl (C=O) groups excluding carboxylic acids is 2. The highest BCUT2D eigenvalue weighted by atomic mass is 19.1. The quantitative estimate of drug-likeness (QED) is 0.367. The number of pyridine rings is 1. The van der Waals surface area contributed by atoms with Gasteiger partial charge in [-0.05, 0) is 50.1 Å². The maximum Gasteiger partial charge on any atom is 0.257 e. The van der Waals surface area contributed by atoms with Crippen molar-refractivity contribution in [3.63, 3.8) is 0 Å². The number of amides is 2. The minimum absolute atomic E-state index is 0.0660. The van der Waals surface area contributed by atoms with Crippen LogP contribution in [0.2, 0.25) is 0 Å². The first-order valence-electron chi connectivity index (χ1n) is 11.7. The summed E-state index contributed by atoms with van der Waals surface area (Å²) in [6, 6.07) is 6.93. The number of hydrogen-bond donors (Lipinski definition) is 3. The molecule has 0 bridgehead atoms. The Morgan fingerprint density at radius 1 is 1.17 bits per heavy atom. The summed E-state index contributed by atoms with van der Waals surface area (Å²) >= 11 is 0. The Kier molecular flexibility index (Phi) is 6.09. The molecule has 0 saturated carbocycles. The summed E-state index contributed by atoms with van der Waals surface area (Å²) < 4.78 is 26.1. The fourth-order valence-electron chi connectivity index (χ4n) is 4.37. The number of benzene rings is 2. The molecule has 3 heterocycles. The second kappa shape index (κ2) is 9.37. The Morgan fingerprint density at radius 3 is 2.72 bits per heavy atom. The van der Waals surface area contributed by atoms with E-state index in [9.17, 15) is 18.8 Å². The predicted octanol–water partition coefficient (Wildman–Crippen LogP) is 2.85. The van der Waals surface area contributed by atoms with Gasteiger partial charge < -0.3 is 29.7 Å². The molecule has 1 aliphatic rings. The fraction of sp³-hybridized carbons (Fsp3) is 0.269. The van der Waals surface area contributed by atoms with Gasteiger partial charge in [-0.25, -0.2) is 4.39 Å². The highest BCUT2D eigenvalue weighted by Gasteiger charge is 2.23. The van der Waals surface area contributed by atoms with Gasteiger partial charge in [-0.15, -0.1) is 0 Å². The summed E-state index contributed by atoms with van der Waals surface area (Å²) in [5.41, 5.74) is 1.80. The summed E-state index contributed by atoms with van der Waals surface area (Å²) in [5.74, 6) is -0.370. The minimum atomic E-state index is -0.875. The predicted molar refractivity (Wildman–Crippen MR) is 132 cm³/mol. The normalized spacial score (nSPS) is 13.2. The van der Waals surface area contributed by atoms with Crippen molar-refractivity contribution in [3.8, 4) is 11.5 Å². The summed E-state index contributed by atoms with van der Waals surface area (Å²) in [6.45, 7) is 4.34. The number of hydrogen-bond acceptors (Lipinski definition) is 5. The minimum Gasteiger partial charge on any atom is -0.454 e. The van der Waals surface area contributed by atoms with Crippen LogP contribution in [0.5, 0.6) is 11.5 Å². The molecule has 0 aliphatic carbocycles. The Labute approximate surface area is 205 Å². The number of H-pyrrole nitrogens is 1. The molecule has 5 rings (SSSR count). The molecule has 36 heavy (non-hydrogen) atoms. The van der Waals surface area contributed by atoms with Crippen LogP contribution < -0.4 is 25.5 Å². The van der Waals surface area contributed by atoms with E-state index in [1.807, 2.05) is 6.92 Å².